The van der Waals surface area contributed by atoms with E-state index in [-0.39, 0.29) is 11.9 Å². The minimum atomic E-state index is 0.222. The van der Waals surface area contributed by atoms with Crippen LogP contribution >= 0.6 is 0 Å². The van der Waals surface area contributed by atoms with Gasteiger partial charge in [0.25, 0.3) is 0 Å². The molecule has 0 spiro atoms. The van der Waals surface area contributed by atoms with E-state index in [2.05, 4.69) is 30.5 Å². The first-order valence-electron chi connectivity index (χ1n) is 5.60. The van der Waals surface area contributed by atoms with Crippen molar-refractivity contribution < 1.29 is 4.79 Å². The van der Waals surface area contributed by atoms with E-state index in [1.54, 1.807) is 0 Å². The topological polar surface area (TPSA) is 25.2 Å². The van der Waals surface area contributed by atoms with E-state index in [9.17, 15) is 4.79 Å². The summed E-state index contributed by atoms with van der Waals surface area (Å²) >= 11 is 0. The van der Waals surface area contributed by atoms with Gasteiger partial charge in [0.1, 0.15) is 0 Å². The average Bonchev–Trinajstić information content (AvgIpc) is 2.61. The summed E-state index contributed by atoms with van der Waals surface area (Å²) < 4.78 is 2.31. The van der Waals surface area contributed by atoms with Crippen molar-refractivity contribution in [1.29, 1.82) is 0 Å². The molecule has 0 bridgehead atoms. The van der Waals surface area contributed by atoms with Gasteiger partial charge in [-0.3, -0.25) is 4.79 Å². The van der Waals surface area contributed by atoms with Gasteiger partial charge in [-0.2, -0.15) is 0 Å². The number of hydrogen-bond donors (Lipinski definition) is 0. The first-order valence-corrected chi connectivity index (χ1v) is 5.60. The fraction of sp³-hybridized carbons (Fsp3) is 0.583. The van der Waals surface area contributed by atoms with Gasteiger partial charge in [0.2, 0.25) is 5.91 Å². The molecular weight excluding hydrogens is 188 g/mol. The van der Waals surface area contributed by atoms with Crippen LogP contribution in [-0.2, 0) is 11.3 Å². The van der Waals surface area contributed by atoms with Gasteiger partial charge < -0.3 is 9.47 Å². The Morgan fingerprint density at radius 1 is 1.47 bits per heavy atom. The second-order valence-corrected chi connectivity index (χ2v) is 4.17. The van der Waals surface area contributed by atoms with Crippen molar-refractivity contribution in [3.63, 3.8) is 0 Å². The van der Waals surface area contributed by atoms with Crippen LogP contribution in [0.1, 0.15) is 37.7 Å². The van der Waals surface area contributed by atoms with E-state index >= 15 is 0 Å². The van der Waals surface area contributed by atoms with Crippen LogP contribution < -0.4 is 0 Å². The molecule has 0 fully saturated rings. The molecular formula is C12H18N2O. The quantitative estimate of drug-likeness (QED) is 0.691. The predicted octanol–water partition coefficient (Wildman–Crippen LogP) is 2.11. The molecule has 1 amide bonds. The van der Waals surface area contributed by atoms with E-state index in [1.807, 2.05) is 11.8 Å². The van der Waals surface area contributed by atoms with Crippen LogP contribution in [0.2, 0.25) is 0 Å². The molecule has 3 heteroatoms. The molecule has 0 aromatic carbocycles. The molecule has 2 heterocycles. The van der Waals surface area contributed by atoms with Crippen LogP contribution in [0.4, 0.5) is 0 Å². The maximum atomic E-state index is 11.7. The van der Waals surface area contributed by atoms with Gasteiger partial charge in [-0.05, 0) is 26.0 Å². The fourth-order valence-corrected chi connectivity index (χ4v) is 2.36. The molecule has 1 unspecified atom stereocenters. The molecule has 0 aliphatic carbocycles. The van der Waals surface area contributed by atoms with Gasteiger partial charge in [-0.1, -0.05) is 6.92 Å². The van der Waals surface area contributed by atoms with Crippen LogP contribution in [0, 0.1) is 6.92 Å². The largest absolute Gasteiger partial charge is 0.345 e. The SMILES string of the molecule is CCC(=O)N1CCn2c(C)ccc2C1C. The van der Waals surface area contributed by atoms with Gasteiger partial charge in [-0.15, -0.1) is 0 Å². The van der Waals surface area contributed by atoms with E-state index in [1.165, 1.54) is 11.4 Å². The third-order valence-corrected chi connectivity index (χ3v) is 3.32. The molecule has 0 N–H and O–H groups in total. The lowest BCUT2D eigenvalue weighted by Gasteiger charge is -2.35. The first kappa shape index (κ1) is 10.3. The summed E-state index contributed by atoms with van der Waals surface area (Å²) in [6.45, 7) is 7.93. The Kier molecular flexibility index (Phi) is 2.55. The molecule has 1 atom stereocenters. The van der Waals surface area contributed by atoms with Crippen LogP contribution in [0.15, 0.2) is 12.1 Å². The van der Waals surface area contributed by atoms with E-state index in [0.717, 1.165) is 13.1 Å². The number of carbonyl (C=O) groups is 1. The van der Waals surface area contributed by atoms with Crippen molar-refractivity contribution in [1.82, 2.24) is 9.47 Å². The minimum absolute atomic E-state index is 0.222. The number of rotatable bonds is 1. The van der Waals surface area contributed by atoms with Crippen LogP contribution in [0.5, 0.6) is 0 Å². The molecule has 82 valence electrons. The van der Waals surface area contributed by atoms with Gasteiger partial charge in [0.05, 0.1) is 6.04 Å². The lowest BCUT2D eigenvalue weighted by atomic mass is 10.1. The van der Waals surface area contributed by atoms with Crippen molar-refractivity contribution in [2.75, 3.05) is 6.54 Å². The number of hydrogen-bond acceptors (Lipinski definition) is 1. The molecule has 1 aromatic heterocycles. The number of aromatic nitrogens is 1. The Hall–Kier alpha value is -1.25. The average molecular weight is 206 g/mol. The smallest absolute Gasteiger partial charge is 0.222 e. The number of fused-ring (bicyclic) bond motifs is 1. The van der Waals surface area contributed by atoms with Crippen LogP contribution in [-0.4, -0.2) is 21.9 Å². The zero-order valence-electron chi connectivity index (χ0n) is 9.66. The monoisotopic (exact) mass is 206 g/mol. The minimum Gasteiger partial charge on any atom is -0.345 e. The molecule has 15 heavy (non-hydrogen) atoms. The fourth-order valence-electron chi connectivity index (χ4n) is 2.36. The van der Waals surface area contributed by atoms with Crippen molar-refractivity contribution in [2.45, 2.75) is 39.8 Å². The molecule has 0 saturated carbocycles. The Labute approximate surface area is 90.7 Å². The van der Waals surface area contributed by atoms with E-state index < -0.39 is 0 Å². The maximum Gasteiger partial charge on any atom is 0.222 e. The number of carbonyl (C=O) groups excluding carboxylic acids is 1. The first-order chi connectivity index (χ1) is 7.15. The standard InChI is InChI=1S/C12H18N2O/c1-4-12(15)14-8-7-13-9(2)5-6-11(13)10(14)3/h5-6,10H,4,7-8H2,1-3H3. The lowest BCUT2D eigenvalue weighted by Crippen LogP contribution is -2.40. The van der Waals surface area contributed by atoms with Gasteiger partial charge in [0, 0.05) is 30.9 Å². The number of nitrogens with zero attached hydrogens (tertiary/aromatic N) is 2. The lowest BCUT2D eigenvalue weighted by molar-refractivity contribution is -0.134. The van der Waals surface area contributed by atoms with E-state index in [4.69, 9.17) is 0 Å². The Morgan fingerprint density at radius 3 is 2.87 bits per heavy atom. The summed E-state index contributed by atoms with van der Waals surface area (Å²) in [5, 5.41) is 0. The zero-order chi connectivity index (χ0) is 11.0. The van der Waals surface area contributed by atoms with E-state index in [0.29, 0.717) is 6.42 Å². The Morgan fingerprint density at radius 2 is 2.20 bits per heavy atom. The molecule has 0 saturated heterocycles. The second-order valence-electron chi connectivity index (χ2n) is 4.17. The summed E-state index contributed by atoms with van der Waals surface area (Å²) in [6.07, 6.45) is 0.601. The van der Waals surface area contributed by atoms with Crippen molar-refractivity contribution in [2.24, 2.45) is 0 Å². The zero-order valence-corrected chi connectivity index (χ0v) is 9.66. The molecule has 1 aliphatic rings. The Balaban J connectivity index is 2.30. The third-order valence-electron chi connectivity index (χ3n) is 3.32. The number of amides is 1. The third kappa shape index (κ3) is 1.56. The normalized spacial score (nSPS) is 20.2. The molecule has 3 nitrogen and oxygen atoms in total. The summed E-state index contributed by atoms with van der Waals surface area (Å²) in [7, 11) is 0. The summed E-state index contributed by atoms with van der Waals surface area (Å²) in [5.41, 5.74) is 2.56. The summed E-state index contributed by atoms with van der Waals surface area (Å²) in [6, 6.07) is 4.49. The highest BCUT2D eigenvalue weighted by atomic mass is 16.2. The number of aryl methyl sites for hydroxylation is 1. The van der Waals surface area contributed by atoms with Crippen LogP contribution in [0.25, 0.3) is 0 Å². The Bertz CT molecular complexity index is 381. The van der Waals surface area contributed by atoms with Gasteiger partial charge in [0.15, 0.2) is 0 Å². The summed E-state index contributed by atoms with van der Waals surface area (Å²) in [4.78, 5) is 13.7. The predicted molar refractivity (Wildman–Crippen MR) is 59.6 cm³/mol. The van der Waals surface area contributed by atoms with Gasteiger partial charge in [-0.25, -0.2) is 0 Å². The van der Waals surface area contributed by atoms with Crippen molar-refractivity contribution in [3.8, 4) is 0 Å². The van der Waals surface area contributed by atoms with Gasteiger partial charge >= 0.3 is 0 Å². The molecule has 0 radical (unpaired) electrons. The maximum absolute atomic E-state index is 11.7. The van der Waals surface area contributed by atoms with Crippen LogP contribution in [0.3, 0.4) is 0 Å². The molecule has 1 aromatic rings. The van der Waals surface area contributed by atoms with Crippen molar-refractivity contribution in [3.05, 3.63) is 23.5 Å². The highest BCUT2D eigenvalue weighted by Crippen LogP contribution is 2.27. The highest BCUT2D eigenvalue weighted by molar-refractivity contribution is 5.76. The molecule has 2 rings (SSSR count). The second kappa shape index (κ2) is 3.72. The highest BCUT2D eigenvalue weighted by Gasteiger charge is 2.26. The summed E-state index contributed by atoms with van der Waals surface area (Å²) in [5.74, 6) is 0.257. The van der Waals surface area contributed by atoms with Crippen molar-refractivity contribution >= 4 is 5.91 Å². The molecule has 1 aliphatic heterocycles.